The van der Waals surface area contributed by atoms with E-state index in [4.69, 9.17) is 0 Å². The zero-order valence-corrected chi connectivity index (χ0v) is 14.7. The Hall–Kier alpha value is -2.14. The average molecular weight is 326 g/mol. The number of carbonyl (C=O) groups is 1. The Morgan fingerprint density at radius 3 is 2.71 bits per heavy atom. The van der Waals surface area contributed by atoms with Crippen molar-refractivity contribution in [3.8, 4) is 0 Å². The molecular weight excluding hydrogens is 300 g/mol. The summed E-state index contributed by atoms with van der Waals surface area (Å²) in [5.41, 5.74) is 5.34. The Kier molecular flexibility index (Phi) is 4.71. The van der Waals surface area contributed by atoms with Crippen molar-refractivity contribution in [1.29, 1.82) is 0 Å². The lowest BCUT2D eigenvalue weighted by atomic mass is 9.86. The van der Waals surface area contributed by atoms with Crippen LogP contribution in [0.1, 0.15) is 53.6 Å². The zero-order chi connectivity index (χ0) is 17.2. The van der Waals surface area contributed by atoms with E-state index in [1.165, 1.54) is 11.1 Å². The lowest BCUT2D eigenvalue weighted by Crippen LogP contribution is -2.29. The van der Waals surface area contributed by atoms with E-state index in [-0.39, 0.29) is 11.3 Å². The lowest BCUT2D eigenvalue weighted by molar-refractivity contribution is 0.0948. The number of nitrogens with one attached hydrogen (secondary N) is 3. The third-order valence-corrected chi connectivity index (χ3v) is 4.54. The molecule has 0 bridgehead atoms. The molecule has 0 atom stereocenters. The Balaban J connectivity index is 1.55. The molecule has 2 aromatic rings. The van der Waals surface area contributed by atoms with E-state index in [1.807, 2.05) is 0 Å². The normalized spacial score (nSPS) is 14.3. The highest BCUT2D eigenvalue weighted by Crippen LogP contribution is 2.22. The number of aromatic nitrogens is 2. The zero-order valence-electron chi connectivity index (χ0n) is 14.7. The van der Waals surface area contributed by atoms with Gasteiger partial charge in [0.25, 0.3) is 5.91 Å². The molecule has 0 spiro atoms. The van der Waals surface area contributed by atoms with E-state index in [0.717, 1.165) is 30.6 Å². The first-order valence-corrected chi connectivity index (χ1v) is 8.59. The van der Waals surface area contributed by atoms with Gasteiger partial charge in [-0.3, -0.25) is 9.89 Å². The molecule has 0 unspecified atom stereocenters. The van der Waals surface area contributed by atoms with Crippen molar-refractivity contribution in [2.75, 3.05) is 13.1 Å². The van der Waals surface area contributed by atoms with Gasteiger partial charge in [0.1, 0.15) is 0 Å². The summed E-state index contributed by atoms with van der Waals surface area (Å²) in [4.78, 5) is 12.3. The van der Waals surface area contributed by atoms with Crippen LogP contribution in [0.2, 0.25) is 0 Å². The van der Waals surface area contributed by atoms with E-state index < -0.39 is 0 Å². The maximum absolute atomic E-state index is 12.3. The van der Waals surface area contributed by atoms with Crippen LogP contribution in [0.5, 0.6) is 0 Å². The second-order valence-electron chi connectivity index (χ2n) is 7.41. The van der Waals surface area contributed by atoms with E-state index >= 15 is 0 Å². The van der Waals surface area contributed by atoms with Gasteiger partial charge in [-0.25, -0.2) is 0 Å². The van der Waals surface area contributed by atoms with Gasteiger partial charge in [0, 0.05) is 37.3 Å². The molecule has 3 N–H and O–H groups in total. The summed E-state index contributed by atoms with van der Waals surface area (Å²) in [6.45, 7) is 8.89. The van der Waals surface area contributed by atoms with Crippen LogP contribution < -0.4 is 10.6 Å². The summed E-state index contributed by atoms with van der Waals surface area (Å²) in [5, 5.41) is 13.4. The summed E-state index contributed by atoms with van der Waals surface area (Å²) >= 11 is 0. The van der Waals surface area contributed by atoms with Gasteiger partial charge in [-0.2, -0.15) is 5.10 Å². The van der Waals surface area contributed by atoms with Gasteiger partial charge in [0.05, 0.1) is 0 Å². The monoisotopic (exact) mass is 326 g/mol. The van der Waals surface area contributed by atoms with Crippen molar-refractivity contribution in [1.82, 2.24) is 20.8 Å². The number of amides is 1. The van der Waals surface area contributed by atoms with Crippen LogP contribution in [0.3, 0.4) is 0 Å². The SMILES string of the molecule is CC(C)(C)c1ccc(CCNC(=O)c2n[nH]c3c2CNCC3)cc1. The molecule has 1 aliphatic heterocycles. The summed E-state index contributed by atoms with van der Waals surface area (Å²) in [5.74, 6) is -0.0949. The maximum atomic E-state index is 12.3. The molecule has 0 fully saturated rings. The van der Waals surface area contributed by atoms with Gasteiger partial charge in [-0.05, 0) is 23.0 Å². The van der Waals surface area contributed by atoms with Crippen molar-refractivity contribution in [3.63, 3.8) is 0 Å². The standard InChI is InChI=1S/C19H26N4O/c1-19(2,3)14-6-4-13(5-7-14)8-11-21-18(24)17-15-12-20-10-9-16(15)22-23-17/h4-7,20H,8-12H2,1-3H3,(H,21,24)(H,22,23). The summed E-state index contributed by atoms with van der Waals surface area (Å²) in [6, 6.07) is 8.64. The van der Waals surface area contributed by atoms with Crippen LogP contribution in [-0.2, 0) is 24.8 Å². The molecule has 128 valence electrons. The molecule has 1 aromatic carbocycles. The Labute approximate surface area is 143 Å². The minimum atomic E-state index is -0.0949. The fourth-order valence-corrected chi connectivity index (χ4v) is 2.99. The minimum absolute atomic E-state index is 0.0949. The minimum Gasteiger partial charge on any atom is -0.350 e. The van der Waals surface area contributed by atoms with Crippen LogP contribution in [0, 0.1) is 0 Å². The molecule has 0 aliphatic carbocycles. The number of fused-ring (bicyclic) bond motifs is 1. The Morgan fingerprint density at radius 1 is 1.25 bits per heavy atom. The predicted octanol–water partition coefficient (Wildman–Crippen LogP) is 2.33. The molecule has 1 amide bonds. The third-order valence-electron chi connectivity index (χ3n) is 4.54. The smallest absolute Gasteiger partial charge is 0.272 e. The highest BCUT2D eigenvalue weighted by molar-refractivity contribution is 5.94. The first-order valence-electron chi connectivity index (χ1n) is 8.59. The molecule has 0 saturated heterocycles. The van der Waals surface area contributed by atoms with E-state index in [0.29, 0.717) is 18.8 Å². The van der Waals surface area contributed by atoms with Gasteiger partial charge < -0.3 is 10.6 Å². The number of carbonyl (C=O) groups excluding carboxylic acids is 1. The van der Waals surface area contributed by atoms with E-state index in [1.54, 1.807) is 0 Å². The molecular formula is C19H26N4O. The summed E-state index contributed by atoms with van der Waals surface area (Å²) in [6.07, 6.45) is 1.72. The lowest BCUT2D eigenvalue weighted by Gasteiger charge is -2.19. The number of H-pyrrole nitrogens is 1. The molecule has 0 radical (unpaired) electrons. The van der Waals surface area contributed by atoms with E-state index in [9.17, 15) is 4.79 Å². The van der Waals surface area contributed by atoms with Crippen LogP contribution in [0.4, 0.5) is 0 Å². The Morgan fingerprint density at radius 2 is 2.00 bits per heavy atom. The van der Waals surface area contributed by atoms with E-state index in [2.05, 4.69) is 65.9 Å². The quantitative estimate of drug-likeness (QED) is 0.807. The van der Waals surface area contributed by atoms with Gasteiger partial charge in [-0.15, -0.1) is 0 Å². The highest BCUT2D eigenvalue weighted by Gasteiger charge is 2.21. The van der Waals surface area contributed by atoms with Gasteiger partial charge >= 0.3 is 0 Å². The van der Waals surface area contributed by atoms with Gasteiger partial charge in [0.15, 0.2) is 5.69 Å². The van der Waals surface area contributed by atoms with Crippen molar-refractivity contribution >= 4 is 5.91 Å². The third kappa shape index (κ3) is 3.67. The van der Waals surface area contributed by atoms with Crippen molar-refractivity contribution in [2.45, 2.75) is 45.6 Å². The number of aromatic amines is 1. The van der Waals surface area contributed by atoms with Gasteiger partial charge in [-0.1, -0.05) is 45.0 Å². The van der Waals surface area contributed by atoms with Crippen LogP contribution >= 0.6 is 0 Å². The molecule has 1 aromatic heterocycles. The van der Waals surface area contributed by atoms with Crippen molar-refractivity contribution < 1.29 is 4.79 Å². The maximum Gasteiger partial charge on any atom is 0.272 e. The van der Waals surface area contributed by atoms with Crippen LogP contribution in [-0.4, -0.2) is 29.2 Å². The number of hydrogen-bond acceptors (Lipinski definition) is 3. The number of benzene rings is 1. The van der Waals surface area contributed by atoms with Gasteiger partial charge in [0.2, 0.25) is 0 Å². The average Bonchev–Trinajstić information content (AvgIpc) is 2.98. The first kappa shape index (κ1) is 16.7. The fraction of sp³-hybridized carbons (Fsp3) is 0.474. The topological polar surface area (TPSA) is 69.8 Å². The second kappa shape index (κ2) is 6.77. The number of nitrogens with zero attached hydrogens (tertiary/aromatic N) is 1. The molecule has 0 saturated carbocycles. The molecule has 24 heavy (non-hydrogen) atoms. The molecule has 5 heteroatoms. The molecule has 2 heterocycles. The highest BCUT2D eigenvalue weighted by atomic mass is 16.1. The number of rotatable bonds is 4. The fourth-order valence-electron chi connectivity index (χ4n) is 2.99. The molecule has 3 rings (SSSR count). The van der Waals surface area contributed by atoms with Crippen molar-refractivity contribution in [3.05, 3.63) is 52.3 Å². The molecule has 5 nitrogen and oxygen atoms in total. The summed E-state index contributed by atoms with van der Waals surface area (Å²) < 4.78 is 0. The van der Waals surface area contributed by atoms with Crippen LogP contribution in [0.25, 0.3) is 0 Å². The molecule has 1 aliphatic rings. The predicted molar refractivity (Wildman–Crippen MR) is 95.2 cm³/mol. The van der Waals surface area contributed by atoms with Crippen molar-refractivity contribution in [2.24, 2.45) is 0 Å². The number of hydrogen-bond donors (Lipinski definition) is 3. The second-order valence-corrected chi connectivity index (χ2v) is 7.41. The van der Waals surface area contributed by atoms with Crippen LogP contribution in [0.15, 0.2) is 24.3 Å². The largest absolute Gasteiger partial charge is 0.350 e. The Bertz CT molecular complexity index is 710. The summed E-state index contributed by atoms with van der Waals surface area (Å²) in [7, 11) is 0. The first-order chi connectivity index (χ1) is 11.4.